The Bertz CT molecular complexity index is 380. The second-order valence-corrected chi connectivity index (χ2v) is 8.30. The summed E-state index contributed by atoms with van der Waals surface area (Å²) in [6, 6.07) is 0.292. The molecule has 5 aliphatic rings. The Kier molecular flexibility index (Phi) is 3.40. The molecule has 0 aromatic rings. The molecule has 0 heterocycles. The molecule has 0 radical (unpaired) electrons. The topological polar surface area (TPSA) is 61.4 Å². The van der Waals surface area contributed by atoms with E-state index in [1.807, 2.05) is 0 Å². The second-order valence-electron chi connectivity index (χ2n) is 8.30. The van der Waals surface area contributed by atoms with Crippen LogP contribution in [0.5, 0.6) is 0 Å². The summed E-state index contributed by atoms with van der Waals surface area (Å²) >= 11 is 0. The lowest BCUT2D eigenvalue weighted by Crippen LogP contribution is -2.62. The number of aliphatic hydroxyl groups excluding tert-OH is 1. The minimum atomic E-state index is -0.158. The zero-order valence-corrected chi connectivity index (χ0v) is 12.8. The highest BCUT2D eigenvalue weighted by molar-refractivity contribution is 5.75. The first-order valence-corrected chi connectivity index (χ1v) is 8.87. The summed E-state index contributed by atoms with van der Waals surface area (Å²) in [6.07, 6.45) is 11.1. The summed E-state index contributed by atoms with van der Waals surface area (Å²) in [5, 5.41) is 16.1. The van der Waals surface area contributed by atoms with Crippen LogP contribution >= 0.6 is 0 Å². The highest BCUT2D eigenvalue weighted by Crippen LogP contribution is 2.55. The van der Waals surface area contributed by atoms with E-state index in [9.17, 15) is 9.90 Å². The van der Waals surface area contributed by atoms with E-state index in [2.05, 4.69) is 10.6 Å². The molecule has 0 unspecified atom stereocenters. The van der Waals surface area contributed by atoms with E-state index in [0.717, 1.165) is 43.4 Å². The fourth-order valence-corrected chi connectivity index (χ4v) is 5.95. The maximum absolute atomic E-state index is 12.4. The average molecular weight is 292 g/mol. The lowest BCUT2D eigenvalue weighted by atomic mass is 9.53. The molecule has 4 nitrogen and oxygen atoms in total. The fraction of sp³-hybridized carbons (Fsp3) is 0.941. The van der Waals surface area contributed by atoms with E-state index in [1.54, 1.807) is 0 Å². The van der Waals surface area contributed by atoms with Crippen molar-refractivity contribution in [1.29, 1.82) is 0 Å². The van der Waals surface area contributed by atoms with Crippen LogP contribution in [-0.2, 0) is 0 Å². The Morgan fingerprint density at radius 1 is 0.905 bits per heavy atom. The Hall–Kier alpha value is -0.770. The van der Waals surface area contributed by atoms with Crippen LogP contribution < -0.4 is 10.6 Å². The van der Waals surface area contributed by atoms with E-state index in [1.165, 1.54) is 38.5 Å². The van der Waals surface area contributed by atoms with Gasteiger partial charge in [-0.05, 0) is 82.0 Å². The number of amides is 2. The largest absolute Gasteiger partial charge is 0.393 e. The monoisotopic (exact) mass is 292 g/mol. The first-order valence-electron chi connectivity index (χ1n) is 8.87. The van der Waals surface area contributed by atoms with Crippen molar-refractivity contribution in [3.63, 3.8) is 0 Å². The van der Waals surface area contributed by atoms with Gasteiger partial charge in [0.25, 0.3) is 0 Å². The second kappa shape index (κ2) is 5.15. The van der Waals surface area contributed by atoms with E-state index < -0.39 is 0 Å². The van der Waals surface area contributed by atoms with Crippen molar-refractivity contribution in [2.75, 3.05) is 0 Å². The van der Waals surface area contributed by atoms with E-state index in [4.69, 9.17) is 0 Å². The molecule has 0 aromatic carbocycles. The number of carbonyl (C=O) groups is 1. The molecule has 5 saturated carbocycles. The van der Waals surface area contributed by atoms with Gasteiger partial charge in [-0.25, -0.2) is 4.79 Å². The summed E-state index contributed by atoms with van der Waals surface area (Å²) in [5.41, 5.74) is 0.104. The van der Waals surface area contributed by atoms with Gasteiger partial charge in [0.05, 0.1) is 6.10 Å². The molecular weight excluding hydrogens is 264 g/mol. The van der Waals surface area contributed by atoms with Crippen LogP contribution in [0.3, 0.4) is 0 Å². The van der Waals surface area contributed by atoms with Crippen LogP contribution in [0.15, 0.2) is 0 Å². The Morgan fingerprint density at radius 2 is 1.43 bits per heavy atom. The average Bonchev–Trinajstić information content (AvgIpc) is 2.39. The molecule has 21 heavy (non-hydrogen) atoms. The zero-order chi connectivity index (χ0) is 14.4. The molecule has 0 aliphatic heterocycles. The molecule has 0 spiro atoms. The van der Waals surface area contributed by atoms with Crippen LogP contribution in [0, 0.1) is 17.8 Å². The molecule has 5 aliphatic carbocycles. The van der Waals surface area contributed by atoms with Crippen molar-refractivity contribution in [3.05, 3.63) is 0 Å². The third-order valence-electron chi connectivity index (χ3n) is 6.45. The van der Waals surface area contributed by atoms with Crippen molar-refractivity contribution in [2.45, 2.75) is 81.9 Å². The normalized spacial score (nSPS) is 48.1. The molecule has 4 bridgehead atoms. The summed E-state index contributed by atoms with van der Waals surface area (Å²) in [5.74, 6) is 2.59. The number of hydrogen-bond donors (Lipinski definition) is 3. The molecule has 3 N–H and O–H groups in total. The van der Waals surface area contributed by atoms with Gasteiger partial charge in [-0.15, -0.1) is 0 Å². The minimum Gasteiger partial charge on any atom is -0.393 e. The van der Waals surface area contributed by atoms with Crippen LogP contribution in [0.2, 0.25) is 0 Å². The number of hydrogen-bond acceptors (Lipinski definition) is 2. The summed E-state index contributed by atoms with van der Waals surface area (Å²) in [7, 11) is 0. The maximum atomic E-state index is 12.4. The predicted octanol–water partition coefficient (Wildman–Crippen LogP) is 2.56. The molecule has 2 amide bonds. The fourth-order valence-electron chi connectivity index (χ4n) is 5.95. The molecule has 0 aromatic heterocycles. The molecule has 0 atom stereocenters. The molecule has 5 rings (SSSR count). The van der Waals surface area contributed by atoms with Gasteiger partial charge in [-0.1, -0.05) is 0 Å². The van der Waals surface area contributed by atoms with Crippen molar-refractivity contribution in [2.24, 2.45) is 17.8 Å². The number of urea groups is 1. The smallest absolute Gasteiger partial charge is 0.315 e. The van der Waals surface area contributed by atoms with Crippen molar-refractivity contribution in [1.82, 2.24) is 10.6 Å². The lowest BCUT2D eigenvalue weighted by molar-refractivity contribution is -0.0138. The molecular formula is C17H28N2O2. The van der Waals surface area contributed by atoms with Gasteiger partial charge in [0.2, 0.25) is 0 Å². The highest BCUT2D eigenvalue weighted by atomic mass is 16.3. The van der Waals surface area contributed by atoms with Gasteiger partial charge >= 0.3 is 6.03 Å². The van der Waals surface area contributed by atoms with Crippen LogP contribution in [0.4, 0.5) is 4.79 Å². The molecule has 4 heteroatoms. The van der Waals surface area contributed by atoms with Gasteiger partial charge in [-0.2, -0.15) is 0 Å². The third kappa shape index (κ3) is 2.79. The van der Waals surface area contributed by atoms with Gasteiger partial charge in [-0.3, -0.25) is 0 Å². The lowest BCUT2D eigenvalue weighted by Gasteiger charge is -2.56. The van der Waals surface area contributed by atoms with Gasteiger partial charge in [0, 0.05) is 11.6 Å². The highest BCUT2D eigenvalue weighted by Gasteiger charge is 2.51. The van der Waals surface area contributed by atoms with Gasteiger partial charge in [0.1, 0.15) is 0 Å². The van der Waals surface area contributed by atoms with Crippen molar-refractivity contribution >= 4 is 6.03 Å². The number of carbonyl (C=O) groups excluding carboxylic acids is 1. The maximum Gasteiger partial charge on any atom is 0.315 e. The third-order valence-corrected chi connectivity index (χ3v) is 6.45. The van der Waals surface area contributed by atoms with E-state index in [-0.39, 0.29) is 23.7 Å². The molecule has 5 fully saturated rings. The van der Waals surface area contributed by atoms with Crippen molar-refractivity contribution in [3.8, 4) is 0 Å². The van der Waals surface area contributed by atoms with Gasteiger partial charge in [0.15, 0.2) is 0 Å². The number of rotatable bonds is 2. The Morgan fingerprint density at radius 3 is 1.95 bits per heavy atom. The standard InChI is InChI=1S/C17H28N2O2/c20-15-3-1-14(2-4-15)18-16(21)19-17-8-11-5-12(9-17)7-13(6-11)10-17/h11-15,20H,1-10H2,(H2,18,19,21). The zero-order valence-electron chi connectivity index (χ0n) is 12.8. The first kappa shape index (κ1) is 13.9. The van der Waals surface area contributed by atoms with Crippen LogP contribution in [0.25, 0.3) is 0 Å². The number of aliphatic hydroxyl groups is 1. The van der Waals surface area contributed by atoms with Crippen molar-refractivity contribution < 1.29 is 9.90 Å². The quantitative estimate of drug-likeness (QED) is 0.732. The van der Waals surface area contributed by atoms with Crippen LogP contribution in [-0.4, -0.2) is 28.8 Å². The van der Waals surface area contributed by atoms with Crippen LogP contribution in [0.1, 0.15) is 64.2 Å². The SMILES string of the molecule is O=C(NC1CCC(O)CC1)NC12CC3CC(CC(C3)C1)C2. The Labute approximate surface area is 127 Å². The minimum absolute atomic E-state index is 0.0401. The predicted molar refractivity (Wildman–Crippen MR) is 80.8 cm³/mol. The first-order chi connectivity index (χ1) is 10.1. The molecule has 0 saturated heterocycles. The van der Waals surface area contributed by atoms with E-state index >= 15 is 0 Å². The van der Waals surface area contributed by atoms with E-state index in [0.29, 0.717) is 0 Å². The van der Waals surface area contributed by atoms with Gasteiger partial charge < -0.3 is 15.7 Å². The summed E-state index contributed by atoms with van der Waals surface area (Å²) < 4.78 is 0. The summed E-state index contributed by atoms with van der Waals surface area (Å²) in [4.78, 5) is 12.4. The molecule has 118 valence electrons. The summed E-state index contributed by atoms with van der Waals surface area (Å²) in [6.45, 7) is 0. The Balaban J connectivity index is 1.34. The number of nitrogens with one attached hydrogen (secondary N) is 2.